The van der Waals surface area contributed by atoms with Crippen LogP contribution < -0.4 is 0 Å². The van der Waals surface area contributed by atoms with Crippen molar-refractivity contribution >= 4 is 10.0 Å². The van der Waals surface area contributed by atoms with Crippen LogP contribution >= 0.6 is 0 Å². The third-order valence-electron chi connectivity index (χ3n) is 3.89. The predicted octanol–water partition coefficient (Wildman–Crippen LogP) is 2.98. The van der Waals surface area contributed by atoms with E-state index >= 15 is 0 Å². The summed E-state index contributed by atoms with van der Waals surface area (Å²) < 4.78 is 64.7. The fraction of sp³-hybridized carbons (Fsp3) is 0.500. The zero-order valence-electron chi connectivity index (χ0n) is 13.7. The van der Waals surface area contributed by atoms with Gasteiger partial charge in [0.2, 0.25) is 10.0 Å². The highest BCUT2D eigenvalue weighted by molar-refractivity contribution is 7.89. The van der Waals surface area contributed by atoms with Gasteiger partial charge < -0.3 is 0 Å². The average molecular weight is 362 g/mol. The summed E-state index contributed by atoms with van der Waals surface area (Å²) in [5, 5.41) is 0. The molecule has 4 nitrogen and oxygen atoms in total. The molecule has 0 N–H and O–H groups in total. The molecule has 1 aromatic rings. The highest BCUT2D eigenvalue weighted by Crippen LogP contribution is 2.31. The van der Waals surface area contributed by atoms with Crippen LogP contribution in [0.3, 0.4) is 0 Å². The largest absolute Gasteiger partial charge is 0.416 e. The molecule has 8 heteroatoms. The Labute approximate surface area is 140 Å². The smallest absolute Gasteiger partial charge is 0.297 e. The van der Waals surface area contributed by atoms with E-state index in [0.717, 1.165) is 18.7 Å². The molecule has 1 heterocycles. The first-order chi connectivity index (χ1) is 11.1. The van der Waals surface area contributed by atoms with Crippen LogP contribution in [0.4, 0.5) is 13.2 Å². The van der Waals surface area contributed by atoms with Crippen LogP contribution in [-0.2, 0) is 16.2 Å². The van der Waals surface area contributed by atoms with E-state index in [1.165, 1.54) is 15.9 Å². The van der Waals surface area contributed by atoms with E-state index in [9.17, 15) is 21.6 Å². The van der Waals surface area contributed by atoms with Gasteiger partial charge in [-0.15, -0.1) is 0 Å². The van der Waals surface area contributed by atoms with Gasteiger partial charge in [-0.2, -0.15) is 17.5 Å². The van der Waals surface area contributed by atoms with Crippen molar-refractivity contribution in [3.05, 3.63) is 41.5 Å². The van der Waals surface area contributed by atoms with Crippen molar-refractivity contribution in [2.45, 2.75) is 24.9 Å². The summed E-state index contributed by atoms with van der Waals surface area (Å²) in [4.78, 5) is 1.81. The topological polar surface area (TPSA) is 40.6 Å². The number of nitrogens with zero attached hydrogens (tertiary/aromatic N) is 2. The second kappa shape index (κ2) is 7.25. The molecule has 0 amide bonds. The lowest BCUT2D eigenvalue weighted by atomic mass is 10.2. The normalized spacial score (nSPS) is 17.7. The van der Waals surface area contributed by atoms with Crippen LogP contribution in [0.5, 0.6) is 0 Å². The predicted molar refractivity (Wildman–Crippen MR) is 86.1 cm³/mol. The summed E-state index contributed by atoms with van der Waals surface area (Å²) in [6.45, 7) is 6.40. The van der Waals surface area contributed by atoms with Crippen molar-refractivity contribution in [1.82, 2.24) is 9.21 Å². The highest BCUT2D eigenvalue weighted by atomic mass is 32.2. The van der Waals surface area contributed by atoms with E-state index in [0.29, 0.717) is 19.2 Å². The molecule has 1 saturated heterocycles. The molecule has 0 saturated carbocycles. The van der Waals surface area contributed by atoms with Gasteiger partial charge >= 0.3 is 6.18 Å². The van der Waals surface area contributed by atoms with Crippen LogP contribution in [0.15, 0.2) is 40.8 Å². The quantitative estimate of drug-likeness (QED) is 0.773. The lowest BCUT2D eigenvalue weighted by Crippen LogP contribution is -2.48. The SMILES string of the molecule is CC(C)=CCN1CCN(S(=O)(=O)c2cccc(C(F)(F)F)c2)CC1. The Bertz CT molecular complexity index is 702. The molecule has 0 aromatic heterocycles. The molecule has 2 rings (SSSR count). The maximum Gasteiger partial charge on any atom is 0.416 e. The van der Waals surface area contributed by atoms with Gasteiger partial charge in [-0.1, -0.05) is 17.7 Å². The Morgan fingerprint density at radius 3 is 2.33 bits per heavy atom. The van der Waals surface area contributed by atoms with Gasteiger partial charge in [0, 0.05) is 32.7 Å². The monoisotopic (exact) mass is 362 g/mol. The second-order valence-corrected chi connectivity index (χ2v) is 7.95. The number of halogens is 3. The maximum absolute atomic E-state index is 12.8. The minimum atomic E-state index is -4.56. The van der Waals surface area contributed by atoms with Gasteiger partial charge in [-0.25, -0.2) is 8.42 Å². The van der Waals surface area contributed by atoms with E-state index in [-0.39, 0.29) is 18.0 Å². The number of hydrogen-bond acceptors (Lipinski definition) is 3. The summed E-state index contributed by atoms with van der Waals surface area (Å²) in [5.41, 5.74) is 0.236. The van der Waals surface area contributed by atoms with Crippen LogP contribution in [0.1, 0.15) is 19.4 Å². The summed E-state index contributed by atoms with van der Waals surface area (Å²) in [5.74, 6) is 0. The fourth-order valence-electron chi connectivity index (χ4n) is 2.45. The van der Waals surface area contributed by atoms with Crippen molar-refractivity contribution in [2.24, 2.45) is 0 Å². The van der Waals surface area contributed by atoms with E-state index in [1.807, 2.05) is 13.8 Å². The van der Waals surface area contributed by atoms with Crippen molar-refractivity contribution in [1.29, 1.82) is 0 Å². The molecule has 1 aliphatic rings. The molecule has 1 fully saturated rings. The molecule has 134 valence electrons. The zero-order valence-corrected chi connectivity index (χ0v) is 14.5. The van der Waals surface area contributed by atoms with Gasteiger partial charge in [0.25, 0.3) is 0 Å². The van der Waals surface area contributed by atoms with Crippen LogP contribution in [0, 0.1) is 0 Å². The number of piperazine rings is 1. The number of allylic oxidation sites excluding steroid dienone is 1. The number of hydrogen-bond donors (Lipinski definition) is 0. The van der Waals surface area contributed by atoms with Crippen molar-refractivity contribution in [3.63, 3.8) is 0 Å². The van der Waals surface area contributed by atoms with Gasteiger partial charge in [0.05, 0.1) is 10.5 Å². The Balaban J connectivity index is 2.11. The van der Waals surface area contributed by atoms with Crippen molar-refractivity contribution in [3.8, 4) is 0 Å². The Morgan fingerprint density at radius 2 is 1.79 bits per heavy atom. The summed E-state index contributed by atoms with van der Waals surface area (Å²) in [6.07, 6.45) is -2.49. The summed E-state index contributed by atoms with van der Waals surface area (Å²) in [7, 11) is -3.91. The minimum Gasteiger partial charge on any atom is -0.297 e. The first-order valence-electron chi connectivity index (χ1n) is 7.64. The second-order valence-electron chi connectivity index (χ2n) is 6.01. The fourth-order valence-corrected chi connectivity index (χ4v) is 3.91. The molecule has 24 heavy (non-hydrogen) atoms. The molecule has 0 unspecified atom stereocenters. The number of alkyl halides is 3. The standard InChI is InChI=1S/C16H21F3N2O2S/c1-13(2)6-7-20-8-10-21(11-9-20)24(22,23)15-5-3-4-14(12-15)16(17,18)19/h3-6,12H,7-11H2,1-2H3. The van der Waals surface area contributed by atoms with Gasteiger partial charge in [-0.3, -0.25) is 4.90 Å². The Morgan fingerprint density at radius 1 is 1.17 bits per heavy atom. The van der Waals surface area contributed by atoms with E-state index in [4.69, 9.17) is 0 Å². The first kappa shape index (κ1) is 19.0. The van der Waals surface area contributed by atoms with Gasteiger partial charge in [0.1, 0.15) is 0 Å². The van der Waals surface area contributed by atoms with Gasteiger partial charge in [0.15, 0.2) is 0 Å². The molecule has 0 atom stereocenters. The third-order valence-corrected chi connectivity index (χ3v) is 5.78. The van der Waals surface area contributed by atoms with Crippen LogP contribution in [-0.4, -0.2) is 50.3 Å². The van der Waals surface area contributed by atoms with Crippen LogP contribution in [0.2, 0.25) is 0 Å². The molecule has 1 aromatic carbocycles. The average Bonchev–Trinajstić information content (AvgIpc) is 2.52. The zero-order chi connectivity index (χ0) is 18.0. The van der Waals surface area contributed by atoms with Crippen molar-refractivity contribution < 1.29 is 21.6 Å². The maximum atomic E-state index is 12.8. The Kier molecular flexibility index (Phi) is 5.72. The summed E-state index contributed by atoms with van der Waals surface area (Å²) in [6, 6.07) is 3.90. The molecule has 1 aliphatic heterocycles. The molecule has 0 radical (unpaired) electrons. The van der Waals surface area contributed by atoms with Crippen molar-refractivity contribution in [2.75, 3.05) is 32.7 Å². The molecular weight excluding hydrogens is 341 g/mol. The minimum absolute atomic E-state index is 0.273. The molecule has 0 aliphatic carbocycles. The lowest BCUT2D eigenvalue weighted by Gasteiger charge is -2.33. The first-order valence-corrected chi connectivity index (χ1v) is 9.08. The van der Waals surface area contributed by atoms with E-state index in [2.05, 4.69) is 11.0 Å². The van der Waals surface area contributed by atoms with E-state index < -0.39 is 21.8 Å². The number of rotatable bonds is 4. The third kappa shape index (κ3) is 4.58. The molecule has 0 spiro atoms. The summed E-state index contributed by atoms with van der Waals surface area (Å²) >= 11 is 0. The molecular formula is C16H21F3N2O2S. The number of sulfonamides is 1. The lowest BCUT2D eigenvalue weighted by molar-refractivity contribution is -0.137. The van der Waals surface area contributed by atoms with E-state index in [1.54, 1.807) is 0 Å². The van der Waals surface area contributed by atoms with Gasteiger partial charge in [-0.05, 0) is 32.0 Å². The Hall–Kier alpha value is -1.38. The highest BCUT2D eigenvalue weighted by Gasteiger charge is 2.33. The van der Waals surface area contributed by atoms with Crippen LogP contribution in [0.25, 0.3) is 0 Å². The molecule has 0 bridgehead atoms. The number of benzene rings is 1.